The van der Waals surface area contributed by atoms with Crippen molar-refractivity contribution in [1.82, 2.24) is 28.7 Å². The normalized spacial score (nSPS) is 11.0. The van der Waals surface area contributed by atoms with Crippen LogP contribution in [-0.4, -0.2) is 47.2 Å². The second kappa shape index (κ2) is 12.5. The molecule has 0 saturated carbocycles. The Bertz CT molecular complexity index is 2090. The molecule has 224 valence electrons. The zero-order valence-electron chi connectivity index (χ0n) is 22.4. The van der Waals surface area contributed by atoms with E-state index in [-0.39, 0.29) is 45.5 Å². The number of amides is 1. The van der Waals surface area contributed by atoms with Gasteiger partial charge in [-0.2, -0.15) is 0 Å². The number of hydrogen-bond acceptors (Lipinski definition) is 8. The predicted molar refractivity (Wildman–Crippen MR) is 163 cm³/mol. The summed E-state index contributed by atoms with van der Waals surface area (Å²) in [6.07, 6.45) is 2.83. The van der Waals surface area contributed by atoms with Crippen LogP contribution < -0.4 is 11.5 Å². The molecule has 0 aliphatic heterocycles. The van der Waals surface area contributed by atoms with E-state index < -0.39 is 23.5 Å². The molecule has 1 amide bonds. The van der Waals surface area contributed by atoms with E-state index in [9.17, 15) is 18.4 Å². The Labute approximate surface area is 265 Å². The first kappa shape index (κ1) is 30.8. The minimum absolute atomic E-state index is 0.0155. The van der Waals surface area contributed by atoms with Crippen LogP contribution in [0.15, 0.2) is 65.5 Å². The third kappa shape index (κ3) is 6.04. The zero-order valence-corrected chi connectivity index (χ0v) is 25.5. The van der Waals surface area contributed by atoms with Gasteiger partial charge in [-0.1, -0.05) is 47.5 Å². The molecule has 44 heavy (non-hydrogen) atoms. The second-order valence-corrected chi connectivity index (χ2v) is 10.4. The molecule has 4 heterocycles. The van der Waals surface area contributed by atoms with E-state index in [4.69, 9.17) is 39.4 Å². The van der Waals surface area contributed by atoms with E-state index in [1.54, 1.807) is 25.1 Å². The van der Waals surface area contributed by atoms with Crippen molar-refractivity contribution in [3.05, 3.63) is 98.9 Å². The molecule has 6 aromatic rings. The van der Waals surface area contributed by atoms with Crippen molar-refractivity contribution < 1.29 is 23.1 Å². The smallest absolute Gasteiger partial charge is 0.358 e. The minimum atomic E-state index is -0.707. The van der Waals surface area contributed by atoms with Crippen molar-refractivity contribution in [2.24, 2.45) is 5.73 Å². The van der Waals surface area contributed by atoms with E-state index in [1.807, 2.05) is 0 Å². The summed E-state index contributed by atoms with van der Waals surface area (Å²) in [6.45, 7) is 1.95. The monoisotopic (exact) mass is 702 g/mol. The molecule has 0 radical (unpaired) electrons. The molecular formula is C28H19BrCl2F2N8O3. The van der Waals surface area contributed by atoms with Gasteiger partial charge in [0.2, 0.25) is 0 Å². The Morgan fingerprint density at radius 2 is 1.39 bits per heavy atom. The zero-order chi connectivity index (χ0) is 31.7. The fourth-order valence-corrected chi connectivity index (χ4v) is 5.10. The lowest BCUT2D eigenvalue weighted by atomic mass is 10.1. The van der Waals surface area contributed by atoms with Gasteiger partial charge in [0.05, 0.1) is 6.61 Å². The van der Waals surface area contributed by atoms with Crippen molar-refractivity contribution in [2.45, 2.75) is 6.92 Å². The second-order valence-electron chi connectivity index (χ2n) is 8.92. The first-order valence-electron chi connectivity index (χ1n) is 12.6. The van der Waals surface area contributed by atoms with Gasteiger partial charge in [-0.25, -0.2) is 33.5 Å². The number of ether oxygens (including phenoxy) is 1. The van der Waals surface area contributed by atoms with Gasteiger partial charge in [0.15, 0.2) is 22.8 Å². The number of carbonyl (C=O) groups is 2. The number of aromatic nitrogens is 6. The van der Waals surface area contributed by atoms with E-state index in [0.29, 0.717) is 27.1 Å². The van der Waals surface area contributed by atoms with Gasteiger partial charge in [0, 0.05) is 23.5 Å². The summed E-state index contributed by atoms with van der Waals surface area (Å²) in [4.78, 5) is 39.6. The predicted octanol–water partition coefficient (Wildman–Crippen LogP) is 6.00. The largest absolute Gasteiger partial charge is 0.461 e. The van der Waals surface area contributed by atoms with Gasteiger partial charge in [0.25, 0.3) is 5.91 Å². The standard InChI is InChI=1S/C15H10BrClFN3O2.C13H9ClFN5O/c1-2-23-15(22)10-7-21-13(17)11(20-12(16)14(21)19-10)8-4-3-5-9(18)6-8;14-10-9(6-2-1-3-7(15)4-6)19-11(16)13-18-8(12(17)21)5-20(10)13/h3-7H,2H2,1H3;1-5H,(H2,16,19)(H2,17,21). The third-order valence-corrected chi connectivity index (χ3v) is 7.27. The van der Waals surface area contributed by atoms with E-state index in [1.165, 1.54) is 51.5 Å². The van der Waals surface area contributed by atoms with Crippen molar-refractivity contribution in [3.63, 3.8) is 0 Å². The van der Waals surface area contributed by atoms with Gasteiger partial charge in [0.1, 0.15) is 43.6 Å². The minimum Gasteiger partial charge on any atom is -0.461 e. The van der Waals surface area contributed by atoms with Crippen LogP contribution >= 0.6 is 39.1 Å². The molecule has 11 nitrogen and oxygen atoms in total. The molecule has 0 aliphatic carbocycles. The average molecular weight is 704 g/mol. The summed E-state index contributed by atoms with van der Waals surface area (Å²) >= 11 is 15.9. The van der Waals surface area contributed by atoms with E-state index >= 15 is 0 Å². The highest BCUT2D eigenvalue weighted by atomic mass is 79.9. The maximum Gasteiger partial charge on any atom is 0.358 e. The summed E-state index contributed by atoms with van der Waals surface area (Å²) in [5.74, 6) is -2.01. The number of nitrogens with two attached hydrogens (primary N) is 2. The molecule has 16 heteroatoms. The lowest BCUT2D eigenvalue weighted by Crippen LogP contribution is -2.10. The Hall–Kier alpha value is -4.66. The number of carbonyl (C=O) groups excluding carboxylic acids is 2. The van der Waals surface area contributed by atoms with Gasteiger partial charge < -0.3 is 16.2 Å². The molecule has 0 atom stereocenters. The first-order chi connectivity index (χ1) is 21.0. The number of esters is 1. The lowest BCUT2D eigenvalue weighted by Gasteiger charge is -2.07. The molecule has 0 bridgehead atoms. The molecule has 0 aliphatic rings. The van der Waals surface area contributed by atoms with Crippen LogP contribution in [-0.2, 0) is 4.74 Å². The molecule has 4 aromatic heterocycles. The molecule has 0 spiro atoms. The Balaban J connectivity index is 0.000000175. The van der Waals surface area contributed by atoms with Crippen molar-refractivity contribution >= 4 is 68.1 Å². The SMILES string of the molecule is CCOC(=O)c1cn2c(Cl)c(-c3cccc(F)c3)nc(Br)c2n1.NC(=O)c1cn2c(Cl)c(-c3cccc(F)c3)nc(N)c2n1. The molecule has 6 rings (SSSR count). The van der Waals surface area contributed by atoms with Crippen LogP contribution in [0, 0.1) is 11.6 Å². The van der Waals surface area contributed by atoms with Crippen molar-refractivity contribution in [2.75, 3.05) is 12.3 Å². The molecule has 4 N–H and O–H groups in total. The number of imidazole rings is 2. The number of rotatable bonds is 5. The molecule has 2 aromatic carbocycles. The first-order valence-corrected chi connectivity index (χ1v) is 14.1. The van der Waals surface area contributed by atoms with E-state index in [0.717, 1.165) is 0 Å². The van der Waals surface area contributed by atoms with Crippen molar-refractivity contribution in [3.8, 4) is 22.5 Å². The number of nitrogens with zero attached hydrogens (tertiary/aromatic N) is 6. The average Bonchev–Trinajstić information content (AvgIpc) is 3.65. The number of halogens is 5. The number of fused-ring (bicyclic) bond motifs is 2. The third-order valence-electron chi connectivity index (χ3n) is 6.01. The Morgan fingerprint density at radius 1 is 0.864 bits per heavy atom. The summed E-state index contributed by atoms with van der Waals surface area (Å²) in [6, 6.07) is 11.7. The highest BCUT2D eigenvalue weighted by Crippen LogP contribution is 2.32. The maximum absolute atomic E-state index is 13.4. The van der Waals surface area contributed by atoms with Crippen LogP contribution in [0.25, 0.3) is 33.8 Å². The van der Waals surface area contributed by atoms with Crippen LogP contribution in [0.4, 0.5) is 14.6 Å². The Kier molecular flexibility index (Phi) is 8.76. The van der Waals surface area contributed by atoms with E-state index in [2.05, 4.69) is 35.9 Å². The fourth-order valence-electron chi connectivity index (χ4n) is 4.09. The highest BCUT2D eigenvalue weighted by molar-refractivity contribution is 9.10. The van der Waals surface area contributed by atoms with Crippen LogP contribution in [0.2, 0.25) is 10.3 Å². The van der Waals surface area contributed by atoms with Gasteiger partial charge >= 0.3 is 5.97 Å². The highest BCUT2D eigenvalue weighted by Gasteiger charge is 2.20. The number of anilines is 1. The van der Waals surface area contributed by atoms with Gasteiger partial charge in [-0.3, -0.25) is 13.6 Å². The summed E-state index contributed by atoms with van der Waals surface area (Å²) in [5.41, 5.74) is 13.4. The number of primary amides is 1. The number of hydrogen-bond donors (Lipinski definition) is 2. The van der Waals surface area contributed by atoms with Gasteiger partial charge in [-0.15, -0.1) is 0 Å². The van der Waals surface area contributed by atoms with Gasteiger partial charge in [-0.05, 0) is 47.1 Å². The summed E-state index contributed by atoms with van der Waals surface area (Å²) in [5, 5.41) is 0.377. The molecular weight excluding hydrogens is 685 g/mol. The fraction of sp³-hybridized carbons (Fsp3) is 0.0714. The lowest BCUT2D eigenvalue weighted by molar-refractivity contribution is 0.0520. The molecule has 0 fully saturated rings. The van der Waals surface area contributed by atoms with Crippen LogP contribution in [0.5, 0.6) is 0 Å². The summed E-state index contributed by atoms with van der Waals surface area (Å²) < 4.78 is 35.0. The molecule has 0 unspecified atom stereocenters. The number of nitrogen functional groups attached to an aromatic ring is 1. The number of benzene rings is 2. The Morgan fingerprint density at radius 3 is 1.93 bits per heavy atom. The molecule has 0 saturated heterocycles. The van der Waals surface area contributed by atoms with Crippen LogP contribution in [0.1, 0.15) is 27.9 Å². The quantitative estimate of drug-likeness (QED) is 0.207. The maximum atomic E-state index is 13.4. The summed E-state index contributed by atoms with van der Waals surface area (Å²) in [7, 11) is 0. The van der Waals surface area contributed by atoms with Crippen molar-refractivity contribution in [1.29, 1.82) is 0 Å². The van der Waals surface area contributed by atoms with Crippen LogP contribution in [0.3, 0.4) is 0 Å². The topological polar surface area (TPSA) is 156 Å².